The minimum atomic E-state index is -2.27. The highest BCUT2D eigenvalue weighted by Crippen LogP contribution is 1.96. The van der Waals surface area contributed by atoms with Gasteiger partial charge in [0.15, 0.2) is 17.3 Å². The van der Waals surface area contributed by atoms with Gasteiger partial charge >= 0.3 is 11.9 Å². The van der Waals surface area contributed by atoms with Gasteiger partial charge in [0, 0.05) is 0 Å². The molecule has 106 valence electrons. The molecule has 0 heterocycles. The number of carbonyl (C=O) groups is 2. The largest absolute Gasteiger partial charge is 0.500 e. The van der Waals surface area contributed by atoms with Gasteiger partial charge in [-0.3, -0.25) is 0 Å². The molecule has 0 bridgehead atoms. The predicted molar refractivity (Wildman–Crippen MR) is 63.4 cm³/mol. The summed E-state index contributed by atoms with van der Waals surface area (Å²) in [5.41, 5.74) is 0. The molecular weight excluding hydrogens is 268 g/mol. The Balaban J connectivity index is 0. The minimum Gasteiger partial charge on any atom is -0.500 e. The van der Waals surface area contributed by atoms with Crippen molar-refractivity contribution in [2.45, 2.75) is 38.1 Å². The van der Waals surface area contributed by atoms with Gasteiger partial charge in [-0.05, 0) is 18.6 Å². The molecule has 0 fully saturated rings. The van der Waals surface area contributed by atoms with Gasteiger partial charge < -0.3 is 30.6 Å². The SMILES string of the molecule is CCCC(O)C(O)=S.O=C(O)C(O)C(O)C(=O)O. The van der Waals surface area contributed by atoms with E-state index in [1.165, 1.54) is 0 Å². The molecule has 3 atom stereocenters. The first-order valence-electron chi connectivity index (χ1n) is 4.87. The van der Waals surface area contributed by atoms with Crippen LogP contribution in [0, 0.1) is 0 Å². The fourth-order valence-corrected chi connectivity index (χ4v) is 0.785. The summed E-state index contributed by atoms with van der Waals surface area (Å²) >= 11 is 4.29. The van der Waals surface area contributed by atoms with Crippen molar-refractivity contribution in [2.75, 3.05) is 0 Å². The quantitative estimate of drug-likeness (QED) is 0.333. The summed E-state index contributed by atoms with van der Waals surface area (Å²) in [5, 5.41) is 49.4. The van der Waals surface area contributed by atoms with E-state index in [1.54, 1.807) is 0 Å². The highest BCUT2D eigenvalue weighted by molar-refractivity contribution is 7.80. The maximum absolute atomic E-state index is 9.77. The van der Waals surface area contributed by atoms with Crippen molar-refractivity contribution in [3.63, 3.8) is 0 Å². The van der Waals surface area contributed by atoms with Crippen molar-refractivity contribution < 1.29 is 40.2 Å². The lowest BCUT2D eigenvalue weighted by Gasteiger charge is -2.07. The number of thiocarbonyl (C=S) groups is 1. The predicted octanol–water partition coefficient (Wildman–Crippen LogP) is -1.09. The normalized spacial score (nSPS) is 14.7. The number of carboxylic acid groups (broad SMARTS) is 2. The van der Waals surface area contributed by atoms with Crippen LogP contribution in [-0.2, 0) is 9.59 Å². The maximum atomic E-state index is 9.77. The van der Waals surface area contributed by atoms with Gasteiger partial charge in [-0.2, -0.15) is 0 Å². The second-order valence-corrected chi connectivity index (χ2v) is 3.63. The van der Waals surface area contributed by atoms with Gasteiger partial charge in [-0.1, -0.05) is 13.3 Å². The molecule has 0 radical (unpaired) electrons. The van der Waals surface area contributed by atoms with E-state index in [0.29, 0.717) is 6.42 Å². The third-order valence-corrected chi connectivity index (χ3v) is 1.92. The second-order valence-electron chi connectivity index (χ2n) is 3.21. The average molecular weight is 284 g/mol. The Morgan fingerprint density at radius 2 is 1.33 bits per heavy atom. The summed E-state index contributed by atoms with van der Waals surface area (Å²) in [7, 11) is 0. The Bertz CT molecular complexity index is 274. The first-order chi connectivity index (χ1) is 8.14. The highest BCUT2D eigenvalue weighted by atomic mass is 32.1. The third kappa shape index (κ3) is 8.82. The molecule has 0 amide bonds. The highest BCUT2D eigenvalue weighted by Gasteiger charge is 2.29. The van der Waals surface area contributed by atoms with Gasteiger partial charge in [0.1, 0.15) is 6.10 Å². The van der Waals surface area contributed by atoms with Crippen molar-refractivity contribution in [3.05, 3.63) is 0 Å². The fourth-order valence-electron chi connectivity index (χ4n) is 0.667. The summed E-state index contributed by atoms with van der Waals surface area (Å²) in [6.07, 6.45) is -3.94. The van der Waals surface area contributed by atoms with Crippen molar-refractivity contribution in [1.29, 1.82) is 0 Å². The van der Waals surface area contributed by atoms with E-state index < -0.39 is 30.3 Å². The molecule has 9 heteroatoms. The van der Waals surface area contributed by atoms with E-state index >= 15 is 0 Å². The molecule has 0 spiro atoms. The van der Waals surface area contributed by atoms with Gasteiger partial charge in [0.2, 0.25) is 0 Å². The van der Waals surface area contributed by atoms with Crippen LogP contribution in [0.15, 0.2) is 0 Å². The molecule has 0 rings (SSSR count). The third-order valence-electron chi connectivity index (χ3n) is 1.65. The van der Waals surface area contributed by atoms with E-state index in [0.717, 1.165) is 6.42 Å². The maximum Gasteiger partial charge on any atom is 0.335 e. The zero-order valence-electron chi connectivity index (χ0n) is 9.55. The molecule has 18 heavy (non-hydrogen) atoms. The molecule has 0 saturated heterocycles. The lowest BCUT2D eigenvalue weighted by molar-refractivity contribution is -0.165. The smallest absolute Gasteiger partial charge is 0.335 e. The molecule has 0 aromatic heterocycles. The summed E-state index contributed by atoms with van der Waals surface area (Å²) < 4.78 is 0. The summed E-state index contributed by atoms with van der Waals surface area (Å²) in [4.78, 5) is 19.5. The average Bonchev–Trinajstić information content (AvgIpc) is 2.27. The number of carboxylic acids is 2. The number of hydrogen-bond acceptors (Lipinski definition) is 6. The molecule has 3 unspecified atom stereocenters. The first-order valence-corrected chi connectivity index (χ1v) is 5.28. The summed E-state index contributed by atoms with van der Waals surface area (Å²) in [6.45, 7) is 1.92. The number of aliphatic carboxylic acids is 2. The number of rotatable bonds is 6. The molecule has 0 aliphatic rings. The van der Waals surface area contributed by atoms with Gasteiger partial charge in [0.25, 0.3) is 0 Å². The molecular formula is C9H16O8S. The zero-order chi connectivity index (χ0) is 14.9. The molecule has 0 aromatic rings. The molecule has 6 N–H and O–H groups in total. The molecule has 0 aliphatic heterocycles. The monoisotopic (exact) mass is 284 g/mol. The van der Waals surface area contributed by atoms with Gasteiger partial charge in [0.05, 0.1) is 0 Å². The number of aliphatic hydroxyl groups excluding tert-OH is 4. The first kappa shape index (κ1) is 19.1. The Morgan fingerprint density at radius 3 is 1.44 bits per heavy atom. The van der Waals surface area contributed by atoms with Crippen LogP contribution in [0.2, 0.25) is 0 Å². The van der Waals surface area contributed by atoms with Crippen molar-refractivity contribution in [2.24, 2.45) is 0 Å². The lowest BCUT2D eigenvalue weighted by Crippen LogP contribution is -2.39. The Labute approximate surface area is 108 Å². The van der Waals surface area contributed by atoms with Crippen LogP contribution < -0.4 is 0 Å². The molecule has 8 nitrogen and oxygen atoms in total. The fraction of sp³-hybridized carbons (Fsp3) is 0.667. The second kappa shape index (κ2) is 9.71. The van der Waals surface area contributed by atoms with Crippen LogP contribution in [0.25, 0.3) is 0 Å². The Kier molecular flexibility index (Phi) is 10.3. The minimum absolute atomic E-state index is 0.299. The Morgan fingerprint density at radius 1 is 1.00 bits per heavy atom. The van der Waals surface area contributed by atoms with E-state index in [9.17, 15) is 9.59 Å². The lowest BCUT2D eigenvalue weighted by atomic mass is 10.2. The summed E-state index contributed by atoms with van der Waals surface area (Å²) in [5.74, 6) is -3.54. The van der Waals surface area contributed by atoms with Crippen molar-refractivity contribution in [1.82, 2.24) is 0 Å². The van der Waals surface area contributed by atoms with E-state index in [-0.39, 0.29) is 5.05 Å². The van der Waals surface area contributed by atoms with Crippen LogP contribution in [0.1, 0.15) is 19.8 Å². The number of aliphatic hydroxyl groups is 4. The van der Waals surface area contributed by atoms with Crippen molar-refractivity contribution in [3.8, 4) is 0 Å². The molecule has 0 aliphatic carbocycles. The van der Waals surface area contributed by atoms with E-state index in [4.69, 9.17) is 30.6 Å². The van der Waals surface area contributed by atoms with Gasteiger partial charge in [-0.25, -0.2) is 9.59 Å². The molecule has 0 aromatic carbocycles. The van der Waals surface area contributed by atoms with Crippen LogP contribution in [0.4, 0.5) is 0 Å². The number of hydrogen-bond donors (Lipinski definition) is 6. The summed E-state index contributed by atoms with van der Waals surface area (Å²) in [6, 6.07) is 0. The van der Waals surface area contributed by atoms with Crippen LogP contribution in [0.3, 0.4) is 0 Å². The van der Waals surface area contributed by atoms with Crippen molar-refractivity contribution >= 4 is 29.2 Å². The van der Waals surface area contributed by atoms with Gasteiger partial charge in [-0.15, -0.1) is 0 Å². The topological polar surface area (TPSA) is 156 Å². The van der Waals surface area contributed by atoms with E-state index in [2.05, 4.69) is 12.2 Å². The van der Waals surface area contributed by atoms with Crippen LogP contribution >= 0.6 is 12.2 Å². The Hall–Kier alpha value is -1.29. The van der Waals surface area contributed by atoms with Crippen LogP contribution in [-0.4, -0.2) is 65.9 Å². The zero-order valence-corrected chi connectivity index (χ0v) is 10.4. The molecule has 0 saturated carbocycles. The standard InChI is InChI=1S/C5H10O2S.C4H6O6/c1-2-3-4(6)5(7)8;5-1(3(7)8)2(6)4(9)10/h4,6H,2-3H2,1H3,(H,7,8);1-2,5-6H,(H,7,8)(H,9,10). The van der Waals surface area contributed by atoms with E-state index in [1.807, 2.05) is 6.92 Å². The van der Waals surface area contributed by atoms with Crippen LogP contribution in [0.5, 0.6) is 0 Å².